The third-order valence-electron chi connectivity index (χ3n) is 3.69. The average molecular weight is 361 g/mol. The number of benzene rings is 3. The van der Waals surface area contributed by atoms with E-state index in [1.165, 1.54) is 0 Å². The molecule has 0 aliphatic carbocycles. The maximum absolute atomic E-state index is 12.3. The summed E-state index contributed by atoms with van der Waals surface area (Å²) in [6.45, 7) is 0. The summed E-state index contributed by atoms with van der Waals surface area (Å²) in [5, 5.41) is 4.89. The van der Waals surface area contributed by atoms with E-state index in [2.05, 4.69) is 10.5 Å². The van der Waals surface area contributed by atoms with Crippen molar-refractivity contribution in [3.05, 3.63) is 113 Å². The number of hydrogen-bond donors (Lipinski definition) is 1. The molecule has 4 heteroatoms. The largest absolute Gasteiger partial charge is 0.271 e. The number of hydrogen-bond acceptors (Lipinski definition) is 2. The van der Waals surface area contributed by atoms with Crippen LogP contribution in [0, 0.1) is 0 Å². The van der Waals surface area contributed by atoms with Gasteiger partial charge < -0.3 is 0 Å². The maximum atomic E-state index is 12.3. The Morgan fingerprint density at radius 1 is 0.808 bits per heavy atom. The molecule has 0 saturated carbocycles. The third kappa shape index (κ3) is 4.91. The Bertz CT molecular complexity index is 917. The molecule has 1 N–H and O–H groups in total. The Labute approximate surface area is 157 Å². The van der Waals surface area contributed by atoms with Crippen LogP contribution < -0.4 is 5.43 Å². The Balaban J connectivity index is 1.83. The number of halogens is 1. The van der Waals surface area contributed by atoms with E-state index in [0.29, 0.717) is 16.3 Å². The number of amides is 1. The number of hydrazone groups is 1. The molecule has 0 heterocycles. The summed E-state index contributed by atoms with van der Waals surface area (Å²) in [7, 11) is 0. The topological polar surface area (TPSA) is 41.5 Å². The highest BCUT2D eigenvalue weighted by Gasteiger charge is 2.05. The molecule has 3 nitrogen and oxygen atoms in total. The molecule has 0 aromatic heterocycles. The molecule has 0 fully saturated rings. The highest BCUT2D eigenvalue weighted by molar-refractivity contribution is 6.30. The van der Waals surface area contributed by atoms with Gasteiger partial charge in [0, 0.05) is 16.1 Å². The van der Waals surface area contributed by atoms with E-state index >= 15 is 0 Å². The van der Waals surface area contributed by atoms with Crippen molar-refractivity contribution < 1.29 is 4.79 Å². The van der Waals surface area contributed by atoms with Crippen LogP contribution in [0.2, 0.25) is 5.02 Å². The Morgan fingerprint density at radius 3 is 2.08 bits per heavy atom. The van der Waals surface area contributed by atoms with Gasteiger partial charge in [-0.2, -0.15) is 5.10 Å². The molecule has 0 saturated heterocycles. The standard InChI is InChI=1S/C22H17ClN2O/c23-20-14-12-19(13-15-20)22(26)25-24-21(18-9-5-2-6-10-18)16-11-17-7-3-1-4-8-17/h1-16H,(H,25,26)/b16-11+,24-21?. The summed E-state index contributed by atoms with van der Waals surface area (Å²) in [5.41, 5.74) is 5.74. The molecule has 0 aliphatic heterocycles. The average Bonchev–Trinajstić information content (AvgIpc) is 2.70. The van der Waals surface area contributed by atoms with Gasteiger partial charge in [0.2, 0.25) is 0 Å². The summed E-state index contributed by atoms with van der Waals surface area (Å²) in [6, 6.07) is 26.3. The molecule has 128 valence electrons. The maximum Gasteiger partial charge on any atom is 0.271 e. The predicted octanol–water partition coefficient (Wildman–Crippen LogP) is 5.19. The third-order valence-corrected chi connectivity index (χ3v) is 3.94. The summed E-state index contributed by atoms with van der Waals surface area (Å²) in [4.78, 5) is 12.3. The quantitative estimate of drug-likeness (QED) is 0.494. The Hall–Kier alpha value is -3.17. The molecule has 0 bridgehead atoms. The van der Waals surface area contributed by atoms with Crippen LogP contribution in [0.3, 0.4) is 0 Å². The molecule has 3 rings (SSSR count). The monoisotopic (exact) mass is 360 g/mol. The van der Waals surface area contributed by atoms with Gasteiger partial charge in [-0.15, -0.1) is 0 Å². The lowest BCUT2D eigenvalue weighted by Crippen LogP contribution is -2.19. The van der Waals surface area contributed by atoms with Crippen LogP contribution in [0.4, 0.5) is 0 Å². The van der Waals surface area contributed by atoms with Crippen LogP contribution in [-0.4, -0.2) is 11.6 Å². The van der Waals surface area contributed by atoms with E-state index in [1.807, 2.05) is 72.8 Å². The van der Waals surface area contributed by atoms with Crippen molar-refractivity contribution in [1.29, 1.82) is 0 Å². The molecule has 26 heavy (non-hydrogen) atoms. The van der Waals surface area contributed by atoms with Crippen molar-refractivity contribution in [3.8, 4) is 0 Å². The van der Waals surface area contributed by atoms with Gasteiger partial charge in [-0.05, 0) is 35.9 Å². The Kier molecular flexibility index (Phi) is 5.96. The zero-order valence-corrected chi connectivity index (χ0v) is 14.7. The van der Waals surface area contributed by atoms with Crippen molar-refractivity contribution >= 4 is 29.3 Å². The first kappa shape index (κ1) is 17.6. The SMILES string of the molecule is O=C(NN=C(/C=C/c1ccccc1)c1ccccc1)c1ccc(Cl)cc1. The minimum Gasteiger partial charge on any atom is -0.267 e. The van der Waals surface area contributed by atoms with Crippen molar-refractivity contribution in [2.45, 2.75) is 0 Å². The van der Waals surface area contributed by atoms with Gasteiger partial charge >= 0.3 is 0 Å². The van der Waals surface area contributed by atoms with Crippen molar-refractivity contribution in [2.75, 3.05) is 0 Å². The van der Waals surface area contributed by atoms with Crippen LogP contribution in [0.1, 0.15) is 21.5 Å². The van der Waals surface area contributed by atoms with Gasteiger partial charge in [0.05, 0.1) is 5.71 Å². The normalized spacial score (nSPS) is 11.5. The lowest BCUT2D eigenvalue weighted by atomic mass is 10.1. The van der Waals surface area contributed by atoms with Crippen LogP contribution >= 0.6 is 11.6 Å². The number of rotatable bonds is 5. The molecule has 3 aromatic rings. The molecule has 0 atom stereocenters. The summed E-state index contributed by atoms with van der Waals surface area (Å²) >= 11 is 5.85. The minimum atomic E-state index is -0.289. The number of carbonyl (C=O) groups is 1. The second-order valence-electron chi connectivity index (χ2n) is 5.55. The number of nitrogens with zero attached hydrogens (tertiary/aromatic N) is 1. The van der Waals surface area contributed by atoms with Crippen molar-refractivity contribution in [1.82, 2.24) is 5.43 Å². The molecular formula is C22H17ClN2O. The molecule has 0 radical (unpaired) electrons. The summed E-state index contributed by atoms with van der Waals surface area (Å²) in [5.74, 6) is -0.289. The van der Waals surface area contributed by atoms with E-state index in [9.17, 15) is 4.79 Å². The zero-order valence-electron chi connectivity index (χ0n) is 14.0. The summed E-state index contributed by atoms with van der Waals surface area (Å²) < 4.78 is 0. The number of nitrogens with one attached hydrogen (secondary N) is 1. The van der Waals surface area contributed by atoms with E-state index in [-0.39, 0.29) is 5.91 Å². The van der Waals surface area contributed by atoms with Gasteiger partial charge in [-0.1, -0.05) is 78.3 Å². The van der Waals surface area contributed by atoms with E-state index < -0.39 is 0 Å². The van der Waals surface area contributed by atoms with Gasteiger partial charge in [0.1, 0.15) is 0 Å². The Morgan fingerprint density at radius 2 is 1.42 bits per heavy atom. The zero-order chi connectivity index (χ0) is 18.2. The van der Waals surface area contributed by atoms with Gasteiger partial charge in [0.15, 0.2) is 0 Å². The molecule has 1 amide bonds. The lowest BCUT2D eigenvalue weighted by Gasteiger charge is -2.04. The first-order valence-electron chi connectivity index (χ1n) is 8.14. The highest BCUT2D eigenvalue weighted by atomic mass is 35.5. The van der Waals surface area contributed by atoms with E-state index in [0.717, 1.165) is 11.1 Å². The van der Waals surface area contributed by atoms with Crippen LogP contribution in [-0.2, 0) is 0 Å². The summed E-state index contributed by atoms with van der Waals surface area (Å²) in [6.07, 6.45) is 3.84. The van der Waals surface area contributed by atoms with Crippen molar-refractivity contribution in [2.24, 2.45) is 5.10 Å². The first-order valence-corrected chi connectivity index (χ1v) is 8.52. The molecule has 0 aliphatic rings. The van der Waals surface area contributed by atoms with Gasteiger partial charge in [-0.3, -0.25) is 4.79 Å². The number of carbonyl (C=O) groups excluding carboxylic acids is 1. The second kappa shape index (κ2) is 8.79. The molecule has 0 unspecified atom stereocenters. The van der Waals surface area contributed by atoms with E-state index in [1.54, 1.807) is 24.3 Å². The molecular weight excluding hydrogens is 344 g/mol. The van der Waals surface area contributed by atoms with Gasteiger partial charge in [0.25, 0.3) is 5.91 Å². The smallest absolute Gasteiger partial charge is 0.267 e. The predicted molar refractivity (Wildman–Crippen MR) is 107 cm³/mol. The molecule has 3 aromatic carbocycles. The highest BCUT2D eigenvalue weighted by Crippen LogP contribution is 2.10. The first-order chi connectivity index (χ1) is 12.7. The fourth-order valence-electron chi connectivity index (χ4n) is 2.32. The van der Waals surface area contributed by atoms with Crippen LogP contribution in [0.25, 0.3) is 6.08 Å². The van der Waals surface area contributed by atoms with E-state index in [4.69, 9.17) is 11.6 Å². The fourth-order valence-corrected chi connectivity index (χ4v) is 2.45. The minimum absolute atomic E-state index is 0.289. The van der Waals surface area contributed by atoms with Gasteiger partial charge in [-0.25, -0.2) is 5.43 Å². The van der Waals surface area contributed by atoms with Crippen LogP contribution in [0.15, 0.2) is 96.1 Å². The number of allylic oxidation sites excluding steroid dienone is 1. The second-order valence-corrected chi connectivity index (χ2v) is 5.99. The lowest BCUT2D eigenvalue weighted by molar-refractivity contribution is 0.0955. The fraction of sp³-hybridized carbons (Fsp3) is 0. The van der Waals surface area contributed by atoms with Crippen molar-refractivity contribution in [3.63, 3.8) is 0 Å². The van der Waals surface area contributed by atoms with Crippen LogP contribution in [0.5, 0.6) is 0 Å². The molecule has 0 spiro atoms.